The van der Waals surface area contributed by atoms with Crippen molar-refractivity contribution in [2.75, 3.05) is 0 Å². The maximum atomic E-state index is 12.2. The van der Waals surface area contributed by atoms with E-state index in [2.05, 4.69) is 0 Å². The van der Waals surface area contributed by atoms with E-state index in [-0.39, 0.29) is 36.3 Å². The lowest BCUT2D eigenvalue weighted by molar-refractivity contribution is -0.138. The molecule has 0 aromatic heterocycles. The molecule has 2 rings (SSSR count). The van der Waals surface area contributed by atoms with Crippen LogP contribution in [0.2, 0.25) is 0 Å². The Hall–Kier alpha value is -3.22. The van der Waals surface area contributed by atoms with Crippen LogP contribution in [0.3, 0.4) is 0 Å². The van der Waals surface area contributed by atoms with Gasteiger partial charge in [0, 0.05) is 19.3 Å². The lowest BCUT2D eigenvalue weighted by Crippen LogP contribution is -2.12. The fourth-order valence-electron chi connectivity index (χ4n) is 2.47. The highest BCUT2D eigenvalue weighted by Gasteiger charge is 2.17. The summed E-state index contributed by atoms with van der Waals surface area (Å²) in [6.45, 7) is 5.24. The standard InChI is InChI=1S/C22H24O7/c1-4-7-8-21(25)29-22(26)15-10-9-14-12-17(27-19(23)5-2)18(13-16(14)11-15)28-20(24)6-3/h9-13H,4-8H2,1-3H3. The Kier molecular flexibility index (Phi) is 7.88. The van der Waals surface area contributed by atoms with Crippen LogP contribution in [-0.4, -0.2) is 23.9 Å². The molecule has 2 aromatic carbocycles. The van der Waals surface area contributed by atoms with Crippen molar-refractivity contribution in [1.29, 1.82) is 0 Å². The Bertz CT molecular complexity index is 930. The first-order valence-electron chi connectivity index (χ1n) is 9.62. The average Bonchev–Trinajstić information content (AvgIpc) is 2.71. The zero-order valence-electron chi connectivity index (χ0n) is 16.8. The van der Waals surface area contributed by atoms with Crippen LogP contribution >= 0.6 is 0 Å². The van der Waals surface area contributed by atoms with Gasteiger partial charge in [0.05, 0.1) is 5.56 Å². The molecule has 0 fully saturated rings. The smallest absolute Gasteiger partial charge is 0.345 e. The van der Waals surface area contributed by atoms with Crippen molar-refractivity contribution in [2.45, 2.75) is 52.9 Å². The van der Waals surface area contributed by atoms with E-state index in [9.17, 15) is 19.2 Å². The van der Waals surface area contributed by atoms with Crippen LogP contribution in [0.15, 0.2) is 30.3 Å². The van der Waals surface area contributed by atoms with Crippen molar-refractivity contribution in [2.24, 2.45) is 0 Å². The first kappa shape index (κ1) is 22.1. The summed E-state index contributed by atoms with van der Waals surface area (Å²) in [5, 5.41) is 1.23. The van der Waals surface area contributed by atoms with Crippen molar-refractivity contribution in [1.82, 2.24) is 0 Å². The molecule has 2 aromatic rings. The Labute approximate surface area is 168 Å². The number of carbonyl (C=O) groups excluding carboxylic acids is 4. The minimum atomic E-state index is -0.749. The molecular weight excluding hydrogens is 376 g/mol. The fourth-order valence-corrected chi connectivity index (χ4v) is 2.47. The molecule has 0 radical (unpaired) electrons. The summed E-state index contributed by atoms with van der Waals surface area (Å²) in [7, 11) is 0. The molecule has 0 saturated heterocycles. The molecule has 0 saturated carbocycles. The van der Waals surface area contributed by atoms with Crippen molar-refractivity contribution in [3.63, 3.8) is 0 Å². The van der Waals surface area contributed by atoms with E-state index in [1.165, 1.54) is 18.2 Å². The van der Waals surface area contributed by atoms with Gasteiger partial charge in [-0.3, -0.25) is 14.4 Å². The molecule has 0 atom stereocenters. The molecular formula is C22H24O7. The van der Waals surface area contributed by atoms with Gasteiger partial charge >= 0.3 is 23.9 Å². The molecule has 7 nitrogen and oxygen atoms in total. The van der Waals surface area contributed by atoms with E-state index >= 15 is 0 Å². The molecule has 0 amide bonds. The number of rotatable bonds is 8. The maximum absolute atomic E-state index is 12.2. The number of hydrogen-bond acceptors (Lipinski definition) is 7. The van der Waals surface area contributed by atoms with Crippen LogP contribution in [0.5, 0.6) is 11.5 Å². The number of hydrogen-bond donors (Lipinski definition) is 0. The molecule has 0 unspecified atom stereocenters. The van der Waals surface area contributed by atoms with Crippen LogP contribution < -0.4 is 9.47 Å². The van der Waals surface area contributed by atoms with E-state index in [4.69, 9.17) is 14.2 Å². The Morgan fingerprint density at radius 1 is 0.759 bits per heavy atom. The van der Waals surface area contributed by atoms with Gasteiger partial charge in [0.25, 0.3) is 0 Å². The summed E-state index contributed by atoms with van der Waals surface area (Å²) in [6.07, 6.45) is 1.96. The molecule has 0 aliphatic heterocycles. The summed E-state index contributed by atoms with van der Waals surface area (Å²) < 4.78 is 15.4. The van der Waals surface area contributed by atoms with Gasteiger partial charge in [-0.2, -0.15) is 0 Å². The van der Waals surface area contributed by atoms with E-state index in [0.29, 0.717) is 17.2 Å². The molecule has 0 aliphatic carbocycles. The summed E-state index contributed by atoms with van der Waals surface area (Å²) >= 11 is 0. The van der Waals surface area contributed by atoms with Crippen LogP contribution in [0.25, 0.3) is 10.8 Å². The van der Waals surface area contributed by atoms with Gasteiger partial charge in [-0.05, 0) is 41.5 Å². The van der Waals surface area contributed by atoms with Crippen LogP contribution in [-0.2, 0) is 19.1 Å². The van der Waals surface area contributed by atoms with E-state index < -0.39 is 23.9 Å². The number of ether oxygens (including phenoxy) is 3. The average molecular weight is 400 g/mol. The van der Waals surface area contributed by atoms with Gasteiger partial charge < -0.3 is 14.2 Å². The normalized spacial score (nSPS) is 10.4. The Morgan fingerprint density at radius 2 is 1.34 bits per heavy atom. The topological polar surface area (TPSA) is 96.0 Å². The minimum absolute atomic E-state index is 0.0793. The molecule has 154 valence electrons. The SMILES string of the molecule is CCCCC(=O)OC(=O)c1ccc2cc(OC(=O)CC)c(OC(=O)CC)cc2c1. The number of carbonyl (C=O) groups is 4. The predicted molar refractivity (Wildman–Crippen MR) is 106 cm³/mol. The first-order chi connectivity index (χ1) is 13.9. The molecule has 0 spiro atoms. The number of benzene rings is 2. The minimum Gasteiger partial charge on any atom is -0.422 e. The van der Waals surface area contributed by atoms with Crippen molar-refractivity contribution in [3.8, 4) is 11.5 Å². The lowest BCUT2D eigenvalue weighted by atomic mass is 10.1. The maximum Gasteiger partial charge on any atom is 0.345 e. The van der Waals surface area contributed by atoms with Gasteiger partial charge in [0.15, 0.2) is 11.5 Å². The van der Waals surface area contributed by atoms with Gasteiger partial charge in [0.2, 0.25) is 0 Å². The molecule has 7 heteroatoms. The van der Waals surface area contributed by atoms with Gasteiger partial charge in [-0.15, -0.1) is 0 Å². The second kappa shape index (κ2) is 10.4. The zero-order chi connectivity index (χ0) is 21.4. The third-order valence-corrected chi connectivity index (χ3v) is 4.10. The van der Waals surface area contributed by atoms with E-state index in [1.807, 2.05) is 6.92 Å². The predicted octanol–water partition coefficient (Wildman–Crippen LogP) is 4.34. The third-order valence-electron chi connectivity index (χ3n) is 4.10. The number of fused-ring (bicyclic) bond motifs is 1. The molecule has 0 bridgehead atoms. The molecule has 0 N–H and O–H groups in total. The van der Waals surface area contributed by atoms with Crippen LogP contribution in [0, 0.1) is 0 Å². The fraction of sp³-hybridized carbons (Fsp3) is 0.364. The van der Waals surface area contributed by atoms with Crippen LogP contribution in [0.1, 0.15) is 63.2 Å². The van der Waals surface area contributed by atoms with Crippen LogP contribution in [0.4, 0.5) is 0 Å². The van der Waals surface area contributed by atoms with E-state index in [1.54, 1.807) is 26.0 Å². The highest BCUT2D eigenvalue weighted by molar-refractivity contribution is 6.00. The zero-order valence-corrected chi connectivity index (χ0v) is 16.8. The summed E-state index contributed by atoms with van der Waals surface area (Å²) in [4.78, 5) is 47.3. The quantitative estimate of drug-likeness (QED) is 0.369. The number of unbranched alkanes of at least 4 members (excludes halogenated alkanes) is 1. The van der Waals surface area contributed by atoms with Gasteiger partial charge in [-0.25, -0.2) is 4.79 Å². The molecule has 29 heavy (non-hydrogen) atoms. The van der Waals surface area contributed by atoms with Crippen molar-refractivity contribution >= 4 is 34.6 Å². The third kappa shape index (κ3) is 6.14. The van der Waals surface area contributed by atoms with Crippen molar-refractivity contribution < 1.29 is 33.4 Å². The Morgan fingerprint density at radius 3 is 1.90 bits per heavy atom. The van der Waals surface area contributed by atoms with E-state index in [0.717, 1.165) is 6.42 Å². The molecule has 0 aliphatic rings. The Balaban J connectivity index is 2.36. The first-order valence-corrected chi connectivity index (χ1v) is 9.62. The molecule has 0 heterocycles. The second-order valence-electron chi connectivity index (χ2n) is 6.38. The van der Waals surface area contributed by atoms with Crippen molar-refractivity contribution in [3.05, 3.63) is 35.9 Å². The monoisotopic (exact) mass is 400 g/mol. The van der Waals surface area contributed by atoms with Gasteiger partial charge in [0.1, 0.15) is 0 Å². The number of esters is 4. The summed E-state index contributed by atoms with van der Waals surface area (Å²) in [5.74, 6) is -2.08. The highest BCUT2D eigenvalue weighted by Crippen LogP contribution is 2.34. The largest absolute Gasteiger partial charge is 0.422 e. The lowest BCUT2D eigenvalue weighted by Gasteiger charge is -2.12. The summed E-state index contributed by atoms with van der Waals surface area (Å²) in [6, 6.07) is 7.75. The second-order valence-corrected chi connectivity index (χ2v) is 6.38. The summed E-state index contributed by atoms with van der Waals surface area (Å²) in [5.41, 5.74) is 0.188. The van der Waals surface area contributed by atoms with Gasteiger partial charge in [-0.1, -0.05) is 33.3 Å². The highest BCUT2D eigenvalue weighted by atomic mass is 16.6.